The molecule has 0 saturated heterocycles. The van der Waals surface area contributed by atoms with E-state index in [-0.39, 0.29) is 0 Å². The summed E-state index contributed by atoms with van der Waals surface area (Å²) < 4.78 is 12.4. The molecule has 0 fully saturated rings. The van der Waals surface area contributed by atoms with Gasteiger partial charge in [0.15, 0.2) is 11.5 Å². The number of aromatic nitrogens is 2. The molecule has 0 amide bonds. The first kappa shape index (κ1) is 16.4. The average molecular weight is 313 g/mol. The Bertz CT molecular complexity index is 731. The van der Waals surface area contributed by atoms with Gasteiger partial charge in [-0.25, -0.2) is 9.66 Å². The lowest BCUT2D eigenvalue weighted by Gasteiger charge is -2.10. The normalized spacial score (nSPS) is 10.7. The van der Waals surface area contributed by atoms with Gasteiger partial charge in [-0.3, -0.25) is 0 Å². The Morgan fingerprint density at radius 1 is 1.43 bits per heavy atom. The number of nitrogen functional groups attached to an aromatic ring is 1. The van der Waals surface area contributed by atoms with Crippen LogP contribution in [0.15, 0.2) is 29.5 Å². The molecule has 1 aromatic heterocycles. The number of unbranched alkanes of at least 4 members (excludes halogenated alkanes) is 1. The van der Waals surface area contributed by atoms with Gasteiger partial charge in [-0.15, -0.1) is 0 Å². The van der Waals surface area contributed by atoms with E-state index < -0.39 is 0 Å². The standard InChI is InChI=1S/C16H19N5O2/c1-12-11-21(16(18)20-12)19-10-13-5-6-14(22-2)15(9-13)23-8-4-3-7-17/h5-6,9-11H,3-4,8H2,1-2H3,(H2,18,20). The van der Waals surface area contributed by atoms with E-state index >= 15 is 0 Å². The van der Waals surface area contributed by atoms with Crippen molar-refractivity contribution in [3.05, 3.63) is 35.7 Å². The average Bonchev–Trinajstić information content (AvgIpc) is 2.87. The van der Waals surface area contributed by atoms with Crippen LogP contribution in [0.4, 0.5) is 5.95 Å². The van der Waals surface area contributed by atoms with Crippen molar-refractivity contribution in [1.82, 2.24) is 9.66 Å². The zero-order valence-corrected chi connectivity index (χ0v) is 13.2. The van der Waals surface area contributed by atoms with Crippen molar-refractivity contribution in [3.63, 3.8) is 0 Å². The highest BCUT2D eigenvalue weighted by atomic mass is 16.5. The number of hydrogen-bond acceptors (Lipinski definition) is 6. The molecule has 0 saturated carbocycles. The number of rotatable bonds is 7. The summed E-state index contributed by atoms with van der Waals surface area (Å²) in [4.78, 5) is 4.08. The molecule has 7 nitrogen and oxygen atoms in total. The number of benzene rings is 1. The largest absolute Gasteiger partial charge is 0.493 e. The first-order chi connectivity index (χ1) is 11.1. The zero-order chi connectivity index (χ0) is 16.7. The minimum atomic E-state index is 0.334. The molecule has 0 aliphatic carbocycles. The van der Waals surface area contributed by atoms with E-state index in [0.29, 0.717) is 36.9 Å². The SMILES string of the molecule is COc1ccc(C=Nn2cc(C)nc2N)cc1OCCCC#N. The molecule has 2 aromatic rings. The van der Waals surface area contributed by atoms with Gasteiger partial charge in [-0.05, 0) is 37.1 Å². The second kappa shape index (κ2) is 7.84. The lowest BCUT2D eigenvalue weighted by molar-refractivity contribution is 0.291. The quantitative estimate of drug-likeness (QED) is 0.625. The van der Waals surface area contributed by atoms with Crippen molar-refractivity contribution in [2.24, 2.45) is 5.10 Å². The van der Waals surface area contributed by atoms with Crippen molar-refractivity contribution in [2.75, 3.05) is 19.5 Å². The van der Waals surface area contributed by atoms with Crippen LogP contribution < -0.4 is 15.2 Å². The fraction of sp³-hybridized carbons (Fsp3) is 0.312. The molecule has 0 bridgehead atoms. The summed E-state index contributed by atoms with van der Waals surface area (Å²) in [7, 11) is 1.58. The first-order valence-electron chi connectivity index (χ1n) is 7.17. The van der Waals surface area contributed by atoms with Gasteiger partial charge in [0.25, 0.3) is 0 Å². The minimum Gasteiger partial charge on any atom is -0.493 e. The van der Waals surface area contributed by atoms with Crippen molar-refractivity contribution in [3.8, 4) is 17.6 Å². The number of imidazole rings is 1. The maximum Gasteiger partial charge on any atom is 0.221 e. The second-order valence-corrected chi connectivity index (χ2v) is 4.85. The zero-order valence-electron chi connectivity index (χ0n) is 13.2. The van der Waals surface area contributed by atoms with Gasteiger partial charge in [-0.2, -0.15) is 10.4 Å². The van der Waals surface area contributed by atoms with Crippen LogP contribution in [0.2, 0.25) is 0 Å². The summed E-state index contributed by atoms with van der Waals surface area (Å²) in [5.41, 5.74) is 7.38. The van der Waals surface area contributed by atoms with E-state index in [1.54, 1.807) is 19.5 Å². The van der Waals surface area contributed by atoms with Gasteiger partial charge in [0, 0.05) is 6.42 Å². The van der Waals surface area contributed by atoms with Crippen molar-refractivity contribution in [2.45, 2.75) is 19.8 Å². The monoisotopic (exact) mass is 313 g/mol. The maximum atomic E-state index is 8.55. The Kier molecular flexibility index (Phi) is 5.58. The van der Waals surface area contributed by atoms with E-state index in [2.05, 4.69) is 16.2 Å². The predicted octanol–water partition coefficient (Wildman–Crippen LogP) is 2.35. The minimum absolute atomic E-state index is 0.334. The van der Waals surface area contributed by atoms with Gasteiger partial charge in [0.05, 0.1) is 37.9 Å². The Balaban J connectivity index is 2.13. The topological polar surface area (TPSA) is 98.4 Å². The highest BCUT2D eigenvalue weighted by molar-refractivity contribution is 5.81. The summed E-state index contributed by atoms with van der Waals surface area (Å²) in [6.07, 6.45) is 4.54. The van der Waals surface area contributed by atoms with Crippen molar-refractivity contribution in [1.29, 1.82) is 5.26 Å². The van der Waals surface area contributed by atoms with Crippen LogP contribution in [-0.2, 0) is 0 Å². The lowest BCUT2D eigenvalue weighted by Crippen LogP contribution is -2.00. The summed E-state index contributed by atoms with van der Waals surface area (Å²) >= 11 is 0. The Hall–Kier alpha value is -3.01. The van der Waals surface area contributed by atoms with Crippen molar-refractivity contribution >= 4 is 12.2 Å². The van der Waals surface area contributed by atoms with E-state index in [4.69, 9.17) is 20.5 Å². The number of nitrogens with zero attached hydrogens (tertiary/aromatic N) is 4. The molecule has 0 aliphatic heterocycles. The summed E-state index contributed by atoms with van der Waals surface area (Å²) in [5.74, 6) is 1.58. The third-order valence-corrected chi connectivity index (χ3v) is 3.04. The molecule has 0 radical (unpaired) electrons. The van der Waals surface area contributed by atoms with Gasteiger partial charge in [0.2, 0.25) is 5.95 Å². The number of aryl methyl sites for hydroxylation is 1. The Morgan fingerprint density at radius 2 is 2.26 bits per heavy atom. The van der Waals surface area contributed by atoms with Crippen LogP contribution >= 0.6 is 0 Å². The number of methoxy groups -OCH3 is 1. The molecule has 2 N–H and O–H groups in total. The maximum absolute atomic E-state index is 8.55. The predicted molar refractivity (Wildman–Crippen MR) is 87.7 cm³/mol. The lowest BCUT2D eigenvalue weighted by atomic mass is 10.2. The molecule has 0 unspecified atom stereocenters. The Morgan fingerprint density at radius 3 is 2.91 bits per heavy atom. The number of nitrogens with two attached hydrogens (primary N) is 1. The van der Waals surface area contributed by atoms with Gasteiger partial charge >= 0.3 is 0 Å². The molecule has 120 valence electrons. The van der Waals surface area contributed by atoms with Crippen LogP contribution in [0, 0.1) is 18.3 Å². The smallest absolute Gasteiger partial charge is 0.221 e. The summed E-state index contributed by atoms with van der Waals surface area (Å²) in [5, 5.41) is 12.8. The molecule has 2 rings (SSSR count). The molecular formula is C16H19N5O2. The molecule has 1 heterocycles. The van der Waals surface area contributed by atoms with Crippen LogP contribution in [0.1, 0.15) is 24.1 Å². The van der Waals surface area contributed by atoms with Gasteiger partial charge in [-0.1, -0.05) is 0 Å². The van der Waals surface area contributed by atoms with E-state index in [1.807, 2.05) is 25.1 Å². The fourth-order valence-corrected chi connectivity index (χ4v) is 1.94. The number of nitriles is 1. The molecular weight excluding hydrogens is 294 g/mol. The van der Waals surface area contributed by atoms with E-state index in [0.717, 1.165) is 11.3 Å². The van der Waals surface area contributed by atoms with Gasteiger partial charge < -0.3 is 15.2 Å². The van der Waals surface area contributed by atoms with E-state index in [1.165, 1.54) is 4.68 Å². The molecule has 0 atom stereocenters. The third-order valence-electron chi connectivity index (χ3n) is 3.04. The summed E-state index contributed by atoms with van der Waals surface area (Å²) in [6.45, 7) is 2.31. The molecule has 0 spiro atoms. The third kappa shape index (κ3) is 4.48. The fourth-order valence-electron chi connectivity index (χ4n) is 1.94. The highest BCUT2D eigenvalue weighted by Gasteiger charge is 2.05. The second-order valence-electron chi connectivity index (χ2n) is 4.85. The highest BCUT2D eigenvalue weighted by Crippen LogP contribution is 2.27. The Labute approximate surface area is 135 Å². The first-order valence-corrected chi connectivity index (χ1v) is 7.17. The van der Waals surface area contributed by atoms with Crippen LogP contribution in [0.5, 0.6) is 11.5 Å². The molecule has 0 aliphatic rings. The van der Waals surface area contributed by atoms with Gasteiger partial charge in [0.1, 0.15) is 0 Å². The molecule has 1 aromatic carbocycles. The van der Waals surface area contributed by atoms with Crippen LogP contribution in [-0.4, -0.2) is 29.6 Å². The molecule has 23 heavy (non-hydrogen) atoms. The van der Waals surface area contributed by atoms with Crippen LogP contribution in [0.3, 0.4) is 0 Å². The summed E-state index contributed by atoms with van der Waals surface area (Å²) in [6, 6.07) is 7.59. The number of hydrogen-bond donors (Lipinski definition) is 1. The van der Waals surface area contributed by atoms with E-state index in [9.17, 15) is 0 Å². The number of ether oxygens (including phenoxy) is 2. The molecule has 7 heteroatoms. The van der Waals surface area contributed by atoms with Crippen molar-refractivity contribution < 1.29 is 9.47 Å². The number of anilines is 1. The van der Waals surface area contributed by atoms with Crippen LogP contribution in [0.25, 0.3) is 0 Å².